The average molecular weight is 338 g/mol. The van der Waals surface area contributed by atoms with E-state index < -0.39 is 16.4 Å². The summed E-state index contributed by atoms with van der Waals surface area (Å²) in [4.78, 5) is 17.5. The monoisotopic (exact) mass is 338 g/mol. The smallest absolute Gasteiger partial charge is 0.254 e. The van der Waals surface area contributed by atoms with Gasteiger partial charge in [0, 0.05) is 59.7 Å². The normalized spacial score (nSPS) is 21.3. The Morgan fingerprint density at radius 3 is 2.39 bits per heavy atom. The number of carbonyl (C=O) groups is 1. The second kappa shape index (κ2) is 7.11. The molecule has 1 fully saturated rings. The lowest BCUT2D eigenvalue weighted by atomic mass is 10.1. The van der Waals surface area contributed by atoms with Gasteiger partial charge in [-0.05, 0) is 45.0 Å². The third-order valence-corrected chi connectivity index (χ3v) is 4.95. The number of aliphatic hydroxyl groups is 1. The largest absolute Gasteiger partial charge is 0.389 e. The molecule has 0 spiro atoms. The van der Waals surface area contributed by atoms with Crippen molar-refractivity contribution in [2.24, 2.45) is 0 Å². The van der Waals surface area contributed by atoms with Crippen LogP contribution in [0.4, 0.5) is 0 Å². The first-order valence-corrected chi connectivity index (χ1v) is 9.42. The van der Waals surface area contributed by atoms with Gasteiger partial charge >= 0.3 is 0 Å². The minimum absolute atomic E-state index is 0.00819. The second-order valence-corrected chi connectivity index (χ2v) is 8.25. The van der Waals surface area contributed by atoms with Crippen molar-refractivity contribution in [1.29, 1.82) is 0 Å². The fourth-order valence-corrected chi connectivity index (χ4v) is 3.50. The van der Waals surface area contributed by atoms with Crippen LogP contribution >= 0.6 is 0 Å². The maximum atomic E-state index is 12.7. The van der Waals surface area contributed by atoms with Crippen molar-refractivity contribution in [2.75, 3.05) is 32.4 Å². The van der Waals surface area contributed by atoms with E-state index in [0.29, 0.717) is 18.7 Å². The van der Waals surface area contributed by atoms with Crippen molar-refractivity contribution >= 4 is 16.7 Å². The lowest BCUT2D eigenvalue weighted by molar-refractivity contribution is 0.00577. The summed E-state index contributed by atoms with van der Waals surface area (Å²) in [5.41, 5.74) is -0.0978. The van der Waals surface area contributed by atoms with Crippen LogP contribution in [-0.4, -0.2) is 69.1 Å². The molecular weight excluding hydrogens is 312 g/mol. The van der Waals surface area contributed by atoms with Crippen LogP contribution in [0.25, 0.3) is 0 Å². The molecule has 0 saturated carbocycles. The number of hydrogen-bond acceptors (Lipinski definition) is 4. The van der Waals surface area contributed by atoms with Crippen LogP contribution in [0.5, 0.6) is 0 Å². The topological polar surface area (TPSA) is 60.9 Å². The summed E-state index contributed by atoms with van der Waals surface area (Å²) in [5.74, 6) is 0.00819. The van der Waals surface area contributed by atoms with Crippen LogP contribution in [0, 0.1) is 0 Å². The first-order chi connectivity index (χ1) is 10.7. The van der Waals surface area contributed by atoms with Gasteiger partial charge in [0.15, 0.2) is 0 Å². The molecule has 1 aliphatic heterocycles. The van der Waals surface area contributed by atoms with Gasteiger partial charge in [-0.15, -0.1) is 0 Å². The molecule has 23 heavy (non-hydrogen) atoms. The van der Waals surface area contributed by atoms with Gasteiger partial charge in [0.05, 0.1) is 5.60 Å². The summed E-state index contributed by atoms with van der Waals surface area (Å²) in [7, 11) is -1.03. The molecule has 1 amide bonds. The third-order valence-electron chi connectivity index (χ3n) is 4.02. The maximum Gasteiger partial charge on any atom is 0.254 e. The highest BCUT2D eigenvalue weighted by Crippen LogP contribution is 2.17. The zero-order valence-electron chi connectivity index (χ0n) is 14.3. The summed E-state index contributed by atoms with van der Waals surface area (Å²) >= 11 is 0. The van der Waals surface area contributed by atoms with E-state index in [9.17, 15) is 14.1 Å². The summed E-state index contributed by atoms with van der Waals surface area (Å²) in [6.07, 6.45) is 1.63. The van der Waals surface area contributed by atoms with Gasteiger partial charge in [-0.25, -0.2) is 0 Å². The molecule has 1 N–H and O–H groups in total. The van der Waals surface area contributed by atoms with E-state index in [1.54, 1.807) is 44.4 Å². The Hall–Kier alpha value is -1.24. The van der Waals surface area contributed by atoms with Gasteiger partial charge < -0.3 is 10.0 Å². The molecule has 0 aromatic heterocycles. The molecule has 1 heterocycles. The molecule has 1 saturated heterocycles. The molecular formula is C17H26N2O3S. The van der Waals surface area contributed by atoms with Crippen LogP contribution in [0.2, 0.25) is 0 Å². The van der Waals surface area contributed by atoms with Gasteiger partial charge in [0.2, 0.25) is 0 Å². The van der Waals surface area contributed by atoms with E-state index in [0.717, 1.165) is 18.0 Å². The zero-order valence-corrected chi connectivity index (χ0v) is 15.1. The van der Waals surface area contributed by atoms with Crippen molar-refractivity contribution < 1.29 is 14.1 Å². The van der Waals surface area contributed by atoms with E-state index in [2.05, 4.69) is 4.90 Å². The van der Waals surface area contributed by atoms with Crippen molar-refractivity contribution in [2.45, 2.75) is 37.3 Å². The lowest BCUT2D eigenvalue weighted by Gasteiger charge is -2.41. The molecule has 1 aliphatic rings. The predicted octanol–water partition coefficient (Wildman–Crippen LogP) is 1.34. The molecule has 128 valence electrons. The predicted molar refractivity (Wildman–Crippen MR) is 92.0 cm³/mol. The van der Waals surface area contributed by atoms with Crippen LogP contribution in [0.3, 0.4) is 0 Å². The fourth-order valence-electron chi connectivity index (χ4n) is 2.98. The van der Waals surface area contributed by atoms with Crippen molar-refractivity contribution in [1.82, 2.24) is 9.80 Å². The molecule has 5 nitrogen and oxygen atoms in total. The molecule has 2 atom stereocenters. The maximum absolute atomic E-state index is 12.7. The SMILES string of the molecule is C[C@@H]1CN(CC(C)(C)O)CCN1C(=O)c1ccc([S@](C)=O)cc1. The van der Waals surface area contributed by atoms with Crippen molar-refractivity contribution in [3.05, 3.63) is 29.8 Å². The Morgan fingerprint density at radius 2 is 1.91 bits per heavy atom. The number of hydrogen-bond donors (Lipinski definition) is 1. The number of β-amino-alcohol motifs (C(OH)–C–C–N with tert-alkyl or cyclic N) is 1. The van der Waals surface area contributed by atoms with E-state index in [1.165, 1.54) is 0 Å². The van der Waals surface area contributed by atoms with Gasteiger partial charge in [-0.1, -0.05) is 0 Å². The minimum atomic E-state index is -1.03. The van der Waals surface area contributed by atoms with Gasteiger partial charge in [-0.2, -0.15) is 0 Å². The first-order valence-electron chi connectivity index (χ1n) is 7.86. The average Bonchev–Trinajstić information content (AvgIpc) is 2.45. The zero-order chi connectivity index (χ0) is 17.2. The van der Waals surface area contributed by atoms with E-state index in [1.807, 2.05) is 11.8 Å². The van der Waals surface area contributed by atoms with Crippen LogP contribution in [-0.2, 0) is 10.8 Å². The number of carbonyl (C=O) groups excluding carboxylic acids is 1. The molecule has 0 aliphatic carbocycles. The summed E-state index contributed by atoms with van der Waals surface area (Å²) in [6.45, 7) is 8.41. The Labute approximate surface area is 140 Å². The third kappa shape index (κ3) is 4.86. The highest BCUT2D eigenvalue weighted by Gasteiger charge is 2.30. The molecule has 6 heteroatoms. The molecule has 0 radical (unpaired) electrons. The lowest BCUT2D eigenvalue weighted by Crippen LogP contribution is -2.56. The number of piperazine rings is 1. The van der Waals surface area contributed by atoms with Gasteiger partial charge in [0.1, 0.15) is 0 Å². The standard InChI is InChI=1S/C17H26N2O3S/c1-13-11-18(12-17(2,3)21)9-10-19(13)16(20)14-5-7-15(8-6-14)23(4)22/h5-8,13,21H,9-12H2,1-4H3/t13-,23+/m1/s1. The Bertz CT molecular complexity index is 580. The Kier molecular flexibility index (Phi) is 5.60. The van der Waals surface area contributed by atoms with Crippen LogP contribution < -0.4 is 0 Å². The molecule has 0 unspecified atom stereocenters. The molecule has 1 aromatic carbocycles. The number of amides is 1. The van der Waals surface area contributed by atoms with Crippen LogP contribution in [0.15, 0.2) is 29.2 Å². The highest BCUT2D eigenvalue weighted by atomic mass is 32.2. The Balaban J connectivity index is 2.02. The summed E-state index contributed by atoms with van der Waals surface area (Å²) in [6, 6.07) is 7.08. The van der Waals surface area contributed by atoms with E-state index in [-0.39, 0.29) is 11.9 Å². The van der Waals surface area contributed by atoms with Gasteiger partial charge in [0.25, 0.3) is 5.91 Å². The first kappa shape index (κ1) is 18.1. The number of nitrogens with zero attached hydrogens (tertiary/aromatic N) is 2. The minimum Gasteiger partial charge on any atom is -0.389 e. The van der Waals surface area contributed by atoms with E-state index >= 15 is 0 Å². The Morgan fingerprint density at radius 1 is 1.30 bits per heavy atom. The molecule has 1 aromatic rings. The van der Waals surface area contributed by atoms with Crippen molar-refractivity contribution in [3.8, 4) is 0 Å². The number of benzene rings is 1. The highest BCUT2D eigenvalue weighted by molar-refractivity contribution is 7.84. The quantitative estimate of drug-likeness (QED) is 0.900. The van der Waals surface area contributed by atoms with Gasteiger partial charge in [-0.3, -0.25) is 13.9 Å². The van der Waals surface area contributed by atoms with Crippen LogP contribution in [0.1, 0.15) is 31.1 Å². The second-order valence-electron chi connectivity index (χ2n) is 6.87. The van der Waals surface area contributed by atoms with E-state index in [4.69, 9.17) is 0 Å². The van der Waals surface area contributed by atoms with Crippen molar-refractivity contribution in [3.63, 3.8) is 0 Å². The summed E-state index contributed by atoms with van der Waals surface area (Å²) in [5, 5.41) is 9.93. The summed E-state index contributed by atoms with van der Waals surface area (Å²) < 4.78 is 11.4. The molecule has 0 bridgehead atoms. The molecule has 2 rings (SSSR count). The number of rotatable bonds is 4. The fraction of sp³-hybridized carbons (Fsp3) is 0.588.